The Labute approximate surface area is 117 Å². The summed E-state index contributed by atoms with van der Waals surface area (Å²) in [7, 11) is 0. The van der Waals surface area contributed by atoms with Crippen molar-refractivity contribution in [1.82, 2.24) is 4.90 Å². The second kappa shape index (κ2) is 5.94. The van der Waals surface area contributed by atoms with Crippen LogP contribution in [0, 0.1) is 11.3 Å². The molecule has 5 heteroatoms. The van der Waals surface area contributed by atoms with E-state index < -0.39 is 0 Å². The summed E-state index contributed by atoms with van der Waals surface area (Å²) in [6.07, 6.45) is 2.16. The van der Waals surface area contributed by atoms with E-state index in [1.54, 1.807) is 12.1 Å². The molecule has 0 aromatic heterocycles. The zero-order valence-electron chi connectivity index (χ0n) is 10.7. The number of hydrogen-bond acceptors (Lipinski definition) is 3. The smallest absolute Gasteiger partial charge is 0.260 e. The zero-order valence-corrected chi connectivity index (χ0v) is 11.5. The van der Waals surface area contributed by atoms with Crippen LogP contribution in [-0.4, -0.2) is 30.0 Å². The van der Waals surface area contributed by atoms with Gasteiger partial charge in [-0.1, -0.05) is 11.6 Å². The van der Waals surface area contributed by atoms with Gasteiger partial charge in [-0.2, -0.15) is 5.26 Å². The van der Waals surface area contributed by atoms with E-state index in [9.17, 15) is 4.79 Å². The molecule has 0 heterocycles. The Balaban J connectivity index is 1.95. The molecular weight excluding hydrogens is 264 g/mol. The Kier molecular flexibility index (Phi) is 4.28. The van der Waals surface area contributed by atoms with Gasteiger partial charge in [0.25, 0.3) is 5.91 Å². The van der Waals surface area contributed by atoms with Crippen LogP contribution in [0.4, 0.5) is 0 Å². The van der Waals surface area contributed by atoms with Gasteiger partial charge in [0, 0.05) is 12.6 Å². The Morgan fingerprint density at radius 2 is 2.32 bits per heavy atom. The zero-order chi connectivity index (χ0) is 13.8. The molecule has 1 aromatic carbocycles. The molecule has 2 rings (SSSR count). The Hall–Kier alpha value is -1.73. The number of nitriles is 1. The summed E-state index contributed by atoms with van der Waals surface area (Å²) in [4.78, 5) is 13.8. The first-order valence-corrected chi connectivity index (χ1v) is 6.65. The van der Waals surface area contributed by atoms with E-state index in [2.05, 4.69) is 0 Å². The van der Waals surface area contributed by atoms with Gasteiger partial charge in [-0.3, -0.25) is 4.79 Å². The summed E-state index contributed by atoms with van der Waals surface area (Å²) in [6.45, 7) is 2.65. The second-order valence-corrected chi connectivity index (χ2v) is 4.86. The summed E-state index contributed by atoms with van der Waals surface area (Å²) in [5, 5.41) is 9.08. The van der Waals surface area contributed by atoms with Crippen LogP contribution in [0.2, 0.25) is 5.02 Å². The molecule has 1 aliphatic rings. The van der Waals surface area contributed by atoms with Crippen LogP contribution < -0.4 is 4.74 Å². The van der Waals surface area contributed by atoms with E-state index >= 15 is 0 Å². The normalized spacial score (nSPS) is 13.7. The van der Waals surface area contributed by atoms with Gasteiger partial charge in [-0.05, 0) is 38.0 Å². The fourth-order valence-corrected chi connectivity index (χ4v) is 2.17. The minimum Gasteiger partial charge on any atom is -0.482 e. The van der Waals surface area contributed by atoms with Crippen LogP contribution in [0.1, 0.15) is 25.3 Å². The van der Waals surface area contributed by atoms with Crippen LogP contribution >= 0.6 is 11.6 Å². The number of amides is 1. The van der Waals surface area contributed by atoms with Crippen LogP contribution in [0.25, 0.3) is 0 Å². The first kappa shape index (κ1) is 13.7. The van der Waals surface area contributed by atoms with E-state index in [-0.39, 0.29) is 12.5 Å². The average molecular weight is 279 g/mol. The predicted octanol–water partition coefficient (Wildman–Crippen LogP) is 2.60. The lowest BCUT2D eigenvalue weighted by Crippen LogP contribution is -2.36. The molecule has 1 amide bonds. The maximum atomic E-state index is 12.0. The summed E-state index contributed by atoms with van der Waals surface area (Å²) in [5.41, 5.74) is 0.469. The molecule has 19 heavy (non-hydrogen) atoms. The van der Waals surface area contributed by atoms with E-state index in [0.717, 1.165) is 12.8 Å². The first-order valence-electron chi connectivity index (χ1n) is 6.27. The van der Waals surface area contributed by atoms with Gasteiger partial charge in [-0.25, -0.2) is 0 Å². The number of ether oxygens (including phenoxy) is 1. The Morgan fingerprint density at radius 3 is 2.84 bits per heavy atom. The maximum Gasteiger partial charge on any atom is 0.260 e. The molecular formula is C14H15ClN2O2. The van der Waals surface area contributed by atoms with Gasteiger partial charge >= 0.3 is 0 Å². The van der Waals surface area contributed by atoms with Crippen LogP contribution in [0.15, 0.2) is 18.2 Å². The molecule has 1 saturated carbocycles. The highest BCUT2D eigenvalue weighted by Crippen LogP contribution is 2.28. The van der Waals surface area contributed by atoms with E-state index in [1.165, 1.54) is 6.07 Å². The van der Waals surface area contributed by atoms with Crippen molar-refractivity contribution in [3.05, 3.63) is 28.8 Å². The quantitative estimate of drug-likeness (QED) is 0.832. The van der Waals surface area contributed by atoms with Crippen molar-refractivity contribution in [2.45, 2.75) is 25.8 Å². The molecule has 0 saturated heterocycles. The number of halogens is 1. The molecule has 0 spiro atoms. The van der Waals surface area contributed by atoms with Crippen molar-refractivity contribution in [2.24, 2.45) is 0 Å². The molecule has 4 nitrogen and oxygen atoms in total. The molecule has 0 unspecified atom stereocenters. The second-order valence-electron chi connectivity index (χ2n) is 4.46. The van der Waals surface area contributed by atoms with Crippen LogP contribution in [0.5, 0.6) is 5.75 Å². The average Bonchev–Trinajstić information content (AvgIpc) is 3.22. The lowest BCUT2D eigenvalue weighted by atomic mass is 10.2. The molecule has 0 radical (unpaired) electrons. The highest BCUT2D eigenvalue weighted by Gasteiger charge is 2.31. The lowest BCUT2D eigenvalue weighted by Gasteiger charge is -2.20. The predicted molar refractivity (Wildman–Crippen MR) is 72.1 cm³/mol. The fourth-order valence-electron chi connectivity index (χ4n) is 1.93. The fraction of sp³-hybridized carbons (Fsp3) is 0.429. The third-order valence-electron chi connectivity index (χ3n) is 3.06. The highest BCUT2D eigenvalue weighted by atomic mass is 35.5. The van der Waals surface area contributed by atoms with E-state index in [4.69, 9.17) is 21.6 Å². The lowest BCUT2D eigenvalue weighted by molar-refractivity contribution is -0.133. The van der Waals surface area contributed by atoms with Crippen molar-refractivity contribution in [3.8, 4) is 11.8 Å². The number of nitrogens with zero attached hydrogens (tertiary/aromatic N) is 2. The van der Waals surface area contributed by atoms with Crippen molar-refractivity contribution < 1.29 is 9.53 Å². The minimum absolute atomic E-state index is 0.0179. The molecule has 0 bridgehead atoms. The molecule has 1 aromatic rings. The minimum atomic E-state index is -0.0228. The summed E-state index contributed by atoms with van der Waals surface area (Å²) >= 11 is 5.98. The molecule has 0 aliphatic heterocycles. The van der Waals surface area contributed by atoms with Gasteiger partial charge in [0.05, 0.1) is 16.7 Å². The largest absolute Gasteiger partial charge is 0.482 e. The number of carbonyl (C=O) groups is 1. The number of benzene rings is 1. The van der Waals surface area contributed by atoms with Gasteiger partial charge in [0.15, 0.2) is 6.61 Å². The highest BCUT2D eigenvalue weighted by molar-refractivity contribution is 6.32. The first-order chi connectivity index (χ1) is 9.15. The topological polar surface area (TPSA) is 53.3 Å². The third kappa shape index (κ3) is 3.39. The molecule has 1 aliphatic carbocycles. The number of rotatable bonds is 5. The van der Waals surface area contributed by atoms with E-state index in [1.807, 2.05) is 17.9 Å². The summed E-state index contributed by atoms with van der Waals surface area (Å²) in [5.74, 6) is 0.409. The maximum absolute atomic E-state index is 12.0. The van der Waals surface area contributed by atoms with Crippen LogP contribution in [0.3, 0.4) is 0 Å². The van der Waals surface area contributed by atoms with Crippen molar-refractivity contribution in [3.63, 3.8) is 0 Å². The van der Waals surface area contributed by atoms with Crippen molar-refractivity contribution in [2.75, 3.05) is 13.2 Å². The van der Waals surface area contributed by atoms with Crippen LogP contribution in [-0.2, 0) is 4.79 Å². The number of carbonyl (C=O) groups excluding carboxylic acids is 1. The van der Waals surface area contributed by atoms with Gasteiger partial charge in [-0.15, -0.1) is 0 Å². The third-order valence-corrected chi connectivity index (χ3v) is 3.36. The monoisotopic (exact) mass is 278 g/mol. The number of likely N-dealkylation sites (N-methyl/N-ethyl adjacent to an activating group) is 1. The van der Waals surface area contributed by atoms with Gasteiger partial charge in [0.2, 0.25) is 0 Å². The molecule has 100 valence electrons. The molecule has 1 fully saturated rings. The Bertz CT molecular complexity index is 521. The molecule has 0 N–H and O–H groups in total. The van der Waals surface area contributed by atoms with Gasteiger partial charge in [0.1, 0.15) is 5.75 Å². The molecule has 0 atom stereocenters. The van der Waals surface area contributed by atoms with Crippen molar-refractivity contribution in [1.29, 1.82) is 5.26 Å². The number of hydrogen-bond donors (Lipinski definition) is 0. The standard InChI is InChI=1S/C14H15ClN2O2/c1-2-17(11-4-5-11)14(18)9-19-13-6-3-10(8-16)7-12(13)15/h3,6-7,11H,2,4-5,9H2,1H3. The summed E-state index contributed by atoms with van der Waals surface area (Å²) < 4.78 is 5.43. The summed E-state index contributed by atoms with van der Waals surface area (Å²) in [6, 6.07) is 7.14. The van der Waals surface area contributed by atoms with E-state index in [0.29, 0.717) is 28.9 Å². The SMILES string of the molecule is CCN(C(=O)COc1ccc(C#N)cc1Cl)C1CC1. The van der Waals surface area contributed by atoms with Crippen molar-refractivity contribution >= 4 is 17.5 Å². The van der Waals surface area contributed by atoms with Gasteiger partial charge < -0.3 is 9.64 Å². The Morgan fingerprint density at radius 1 is 1.58 bits per heavy atom.